The molecule has 1 saturated heterocycles. The Morgan fingerprint density at radius 3 is 2.67 bits per heavy atom. The highest BCUT2D eigenvalue weighted by Crippen LogP contribution is 2.39. The molecule has 0 saturated carbocycles. The lowest BCUT2D eigenvalue weighted by Crippen LogP contribution is -2.19. The predicted octanol–water partition coefficient (Wildman–Crippen LogP) is 4.28. The number of fused-ring (bicyclic) bond motifs is 1. The van der Waals surface area contributed by atoms with Crippen LogP contribution in [0.4, 0.5) is 13.2 Å². The predicted molar refractivity (Wildman–Crippen MR) is 122 cm³/mol. The van der Waals surface area contributed by atoms with Gasteiger partial charge in [0.1, 0.15) is 19.0 Å². The fourth-order valence-corrected chi connectivity index (χ4v) is 4.47. The van der Waals surface area contributed by atoms with E-state index in [2.05, 4.69) is 10.1 Å². The van der Waals surface area contributed by atoms with E-state index in [-0.39, 0.29) is 35.7 Å². The van der Waals surface area contributed by atoms with Gasteiger partial charge in [-0.2, -0.15) is 18.2 Å². The van der Waals surface area contributed by atoms with Crippen molar-refractivity contribution >= 4 is 0 Å². The van der Waals surface area contributed by atoms with Gasteiger partial charge in [-0.15, -0.1) is 0 Å². The van der Waals surface area contributed by atoms with E-state index in [0.29, 0.717) is 50.5 Å². The molecule has 0 amide bonds. The van der Waals surface area contributed by atoms with Crippen LogP contribution in [0.2, 0.25) is 0 Å². The van der Waals surface area contributed by atoms with Crippen LogP contribution in [0, 0.1) is 0 Å². The summed E-state index contributed by atoms with van der Waals surface area (Å²) in [4.78, 5) is 6.15. The van der Waals surface area contributed by atoms with Crippen LogP contribution in [-0.4, -0.2) is 59.7 Å². The summed E-state index contributed by atoms with van der Waals surface area (Å²) in [5, 5.41) is 13.7. The van der Waals surface area contributed by atoms with Crippen molar-refractivity contribution in [2.24, 2.45) is 0 Å². The summed E-state index contributed by atoms with van der Waals surface area (Å²) in [5.41, 5.74) is 0.254. The molecule has 0 unspecified atom stereocenters. The van der Waals surface area contributed by atoms with Gasteiger partial charge >= 0.3 is 6.18 Å². The second-order valence-corrected chi connectivity index (χ2v) is 8.94. The van der Waals surface area contributed by atoms with Crippen molar-refractivity contribution in [1.29, 1.82) is 0 Å². The number of nitrogens with zero attached hydrogens (tertiary/aromatic N) is 3. The summed E-state index contributed by atoms with van der Waals surface area (Å²) in [6.45, 7) is 1.57. The quantitative estimate of drug-likeness (QED) is 0.476. The van der Waals surface area contributed by atoms with Crippen LogP contribution < -0.4 is 14.2 Å². The van der Waals surface area contributed by atoms with Crippen LogP contribution >= 0.6 is 0 Å². The molecule has 11 heteroatoms. The van der Waals surface area contributed by atoms with E-state index in [1.807, 2.05) is 30.1 Å². The van der Waals surface area contributed by atoms with E-state index in [4.69, 9.17) is 18.7 Å². The third-order valence-corrected chi connectivity index (χ3v) is 6.27. The monoisotopic (exact) mass is 505 g/mol. The zero-order valence-electron chi connectivity index (χ0n) is 19.6. The molecule has 36 heavy (non-hydrogen) atoms. The zero-order valence-corrected chi connectivity index (χ0v) is 19.6. The summed E-state index contributed by atoms with van der Waals surface area (Å²) in [6, 6.07) is 9.08. The van der Waals surface area contributed by atoms with Crippen LogP contribution in [0.25, 0.3) is 11.4 Å². The SMILES string of the molecule is CN1C[C@H](O)C[C@H]1c1nc(-c2ccc(OCCCc3ccc4c(c3)OCCO4)c(C(F)(F)F)c2)no1. The molecule has 0 bridgehead atoms. The molecule has 2 atom stereocenters. The third-order valence-electron chi connectivity index (χ3n) is 6.27. The molecule has 3 heterocycles. The Balaban J connectivity index is 1.25. The first-order valence-electron chi connectivity index (χ1n) is 11.7. The molecule has 5 rings (SSSR count). The van der Waals surface area contributed by atoms with E-state index in [0.717, 1.165) is 11.6 Å². The number of aliphatic hydroxyl groups is 1. The number of hydrogen-bond donors (Lipinski definition) is 1. The molecular weight excluding hydrogens is 479 g/mol. The third kappa shape index (κ3) is 5.26. The van der Waals surface area contributed by atoms with Crippen LogP contribution in [0.15, 0.2) is 40.9 Å². The number of aromatic nitrogens is 2. The van der Waals surface area contributed by atoms with E-state index in [1.54, 1.807) is 0 Å². The number of halogens is 3. The Hall–Kier alpha value is -3.31. The van der Waals surface area contributed by atoms with E-state index < -0.39 is 17.8 Å². The van der Waals surface area contributed by atoms with Crippen LogP contribution in [-0.2, 0) is 12.6 Å². The minimum absolute atomic E-state index is 0.0513. The summed E-state index contributed by atoms with van der Waals surface area (Å²) >= 11 is 0. The molecule has 2 aliphatic heterocycles. The normalized spacial score (nSPS) is 20.0. The highest BCUT2D eigenvalue weighted by atomic mass is 19.4. The van der Waals surface area contributed by atoms with Crippen molar-refractivity contribution < 1.29 is 37.0 Å². The molecule has 1 aromatic heterocycles. The standard InChI is InChI=1S/C25H26F3N3O5/c1-31-14-17(32)13-19(31)24-29-23(30-36-24)16-5-7-20(18(12-16)25(26,27)28)33-8-2-3-15-4-6-21-22(11-15)35-10-9-34-21/h4-7,11-12,17,19,32H,2-3,8-10,13-14H2,1H3/t17-,19+/m1/s1. The molecule has 2 aliphatic rings. The molecule has 1 fully saturated rings. The van der Waals surface area contributed by atoms with Crippen molar-refractivity contribution in [3.05, 3.63) is 53.4 Å². The number of β-amino-alcohol motifs (C(OH)–C–C–N with tert-alkyl or cyclic N) is 1. The number of rotatable bonds is 7. The van der Waals surface area contributed by atoms with Crippen molar-refractivity contribution in [3.63, 3.8) is 0 Å². The zero-order chi connectivity index (χ0) is 25.3. The molecular formula is C25H26F3N3O5. The number of hydrogen-bond acceptors (Lipinski definition) is 8. The average molecular weight is 505 g/mol. The number of ether oxygens (including phenoxy) is 3. The lowest BCUT2D eigenvalue weighted by atomic mass is 10.1. The number of aryl methyl sites for hydroxylation is 1. The smallest absolute Gasteiger partial charge is 0.419 e. The van der Waals surface area contributed by atoms with Gasteiger partial charge in [-0.25, -0.2) is 0 Å². The Bertz CT molecular complexity index is 1220. The average Bonchev–Trinajstić information content (AvgIpc) is 3.47. The lowest BCUT2D eigenvalue weighted by molar-refractivity contribution is -0.138. The molecule has 8 nitrogen and oxygen atoms in total. The van der Waals surface area contributed by atoms with Gasteiger partial charge in [-0.05, 0) is 62.2 Å². The van der Waals surface area contributed by atoms with Crippen LogP contribution in [0.3, 0.4) is 0 Å². The molecule has 0 aliphatic carbocycles. The second-order valence-electron chi connectivity index (χ2n) is 8.94. The fourth-order valence-electron chi connectivity index (χ4n) is 4.47. The molecule has 3 aromatic rings. The largest absolute Gasteiger partial charge is 0.493 e. The van der Waals surface area contributed by atoms with Gasteiger partial charge in [-0.1, -0.05) is 11.2 Å². The summed E-state index contributed by atoms with van der Waals surface area (Å²) in [5.74, 6) is 1.43. The Labute approximate surface area is 205 Å². The van der Waals surface area contributed by atoms with Gasteiger partial charge in [0.2, 0.25) is 11.7 Å². The Kier molecular flexibility index (Phi) is 6.76. The Morgan fingerprint density at radius 2 is 1.92 bits per heavy atom. The first kappa shape index (κ1) is 24.4. The summed E-state index contributed by atoms with van der Waals surface area (Å²) in [6.07, 6.45) is -3.58. The number of likely N-dealkylation sites (tertiary alicyclic amines) is 1. The topological polar surface area (TPSA) is 90.1 Å². The minimum atomic E-state index is -4.62. The summed E-state index contributed by atoms with van der Waals surface area (Å²) in [7, 11) is 1.81. The molecule has 1 N–H and O–H groups in total. The molecule has 2 aromatic carbocycles. The van der Waals surface area contributed by atoms with Gasteiger partial charge in [0.05, 0.1) is 24.3 Å². The van der Waals surface area contributed by atoms with Gasteiger partial charge < -0.3 is 23.8 Å². The van der Waals surface area contributed by atoms with Crippen LogP contribution in [0.1, 0.15) is 35.9 Å². The lowest BCUT2D eigenvalue weighted by Gasteiger charge is -2.19. The van der Waals surface area contributed by atoms with E-state index >= 15 is 0 Å². The van der Waals surface area contributed by atoms with Gasteiger partial charge in [-0.3, -0.25) is 4.90 Å². The van der Waals surface area contributed by atoms with Crippen molar-refractivity contribution in [3.8, 4) is 28.6 Å². The fraction of sp³-hybridized carbons (Fsp3) is 0.440. The van der Waals surface area contributed by atoms with Crippen molar-refractivity contribution in [2.45, 2.75) is 37.6 Å². The van der Waals surface area contributed by atoms with Crippen LogP contribution in [0.5, 0.6) is 17.2 Å². The van der Waals surface area contributed by atoms with E-state index in [1.165, 1.54) is 12.1 Å². The van der Waals surface area contributed by atoms with Gasteiger partial charge in [0.25, 0.3) is 0 Å². The molecule has 192 valence electrons. The van der Waals surface area contributed by atoms with Crippen molar-refractivity contribution in [2.75, 3.05) is 33.4 Å². The molecule has 0 spiro atoms. The first-order valence-corrected chi connectivity index (χ1v) is 11.7. The van der Waals surface area contributed by atoms with Gasteiger partial charge in [0, 0.05) is 12.1 Å². The second kappa shape index (κ2) is 9.98. The summed E-state index contributed by atoms with van der Waals surface area (Å²) < 4.78 is 63.3. The van der Waals surface area contributed by atoms with Crippen molar-refractivity contribution in [1.82, 2.24) is 15.0 Å². The Morgan fingerprint density at radius 1 is 1.11 bits per heavy atom. The maximum atomic E-state index is 13.8. The minimum Gasteiger partial charge on any atom is -0.493 e. The van der Waals surface area contributed by atoms with E-state index in [9.17, 15) is 18.3 Å². The molecule has 0 radical (unpaired) electrons. The van der Waals surface area contributed by atoms with Gasteiger partial charge in [0.15, 0.2) is 11.5 Å². The maximum absolute atomic E-state index is 13.8. The first-order chi connectivity index (χ1) is 17.3. The highest BCUT2D eigenvalue weighted by Gasteiger charge is 2.36. The number of likely N-dealkylation sites (N-methyl/N-ethyl adjacent to an activating group) is 1. The number of aliphatic hydroxyl groups excluding tert-OH is 1. The number of benzene rings is 2. The number of alkyl halides is 3. The maximum Gasteiger partial charge on any atom is 0.419 e. The highest BCUT2D eigenvalue weighted by molar-refractivity contribution is 5.59.